The van der Waals surface area contributed by atoms with Crippen LogP contribution in [0.4, 0.5) is 11.4 Å². The lowest BCUT2D eigenvalue weighted by Gasteiger charge is -2.14. The lowest BCUT2D eigenvalue weighted by Crippen LogP contribution is -2.29. The van der Waals surface area contributed by atoms with Gasteiger partial charge in [-0.3, -0.25) is 9.78 Å². The van der Waals surface area contributed by atoms with Gasteiger partial charge in [-0.2, -0.15) is 0 Å². The van der Waals surface area contributed by atoms with E-state index in [0.29, 0.717) is 22.3 Å². The summed E-state index contributed by atoms with van der Waals surface area (Å²) in [4.78, 5) is 19.7. The molecule has 3 aromatic carbocycles. The van der Waals surface area contributed by atoms with Crippen LogP contribution in [0, 0.1) is 6.92 Å². The number of sulfonamides is 1. The molecule has 1 amide bonds. The van der Waals surface area contributed by atoms with Crippen LogP contribution in [0.5, 0.6) is 0 Å². The summed E-state index contributed by atoms with van der Waals surface area (Å²) in [6.45, 7) is 1.88. The van der Waals surface area contributed by atoms with Gasteiger partial charge in [-0.05, 0) is 43.3 Å². The summed E-state index contributed by atoms with van der Waals surface area (Å²) in [6, 6.07) is 18.1. The smallest absolute Gasteiger partial charge is 0.258 e. The van der Waals surface area contributed by atoms with Crippen LogP contribution in [0.3, 0.4) is 0 Å². The Balaban J connectivity index is 1.61. The monoisotopic (exact) mass is 500 g/mol. The van der Waals surface area contributed by atoms with Gasteiger partial charge in [0, 0.05) is 11.6 Å². The maximum atomic E-state index is 12.8. The molecule has 3 N–H and O–H groups in total. The Kier molecular flexibility index (Phi) is 6.53. The number of nitrogens with one attached hydrogen (secondary N) is 3. The van der Waals surface area contributed by atoms with E-state index in [9.17, 15) is 13.2 Å². The highest BCUT2D eigenvalue weighted by Crippen LogP contribution is 2.30. The minimum absolute atomic E-state index is 0.128. The second-order valence-corrected chi connectivity index (χ2v) is 9.65. The molecular weight excluding hydrogens is 483 g/mol. The third kappa shape index (κ3) is 4.94. The van der Waals surface area contributed by atoms with Gasteiger partial charge in [0.15, 0.2) is 0 Å². The van der Waals surface area contributed by atoms with Crippen molar-refractivity contribution in [2.24, 2.45) is 0 Å². The van der Waals surface area contributed by atoms with Gasteiger partial charge in [-0.15, -0.1) is 4.83 Å². The molecule has 4 rings (SSSR count). The van der Waals surface area contributed by atoms with E-state index < -0.39 is 15.9 Å². The minimum Gasteiger partial charge on any atom is -0.320 e. The normalized spacial score (nSPS) is 11.4. The topological polar surface area (TPSA) is 100 Å². The molecule has 168 valence electrons. The second-order valence-electron chi connectivity index (χ2n) is 7.15. The number of carbonyl (C=O) groups excluding carboxylic acids is 1. The van der Waals surface area contributed by atoms with E-state index in [1.807, 2.05) is 6.92 Å². The fourth-order valence-electron chi connectivity index (χ4n) is 3.18. The molecular formula is C23H18Cl2N4O3S. The molecule has 0 aliphatic rings. The number of rotatable bonds is 6. The first-order valence-corrected chi connectivity index (χ1v) is 12.0. The molecule has 0 saturated heterocycles. The molecule has 0 aliphatic heterocycles. The Morgan fingerprint density at radius 1 is 0.879 bits per heavy atom. The van der Waals surface area contributed by atoms with Gasteiger partial charge in [-0.1, -0.05) is 59.1 Å². The zero-order valence-corrected chi connectivity index (χ0v) is 19.6. The van der Waals surface area contributed by atoms with Crippen molar-refractivity contribution in [1.82, 2.24) is 9.82 Å². The molecule has 0 spiro atoms. The molecule has 1 heterocycles. The highest BCUT2D eigenvalue weighted by Gasteiger charge is 2.17. The number of fused-ring (bicyclic) bond motifs is 1. The van der Waals surface area contributed by atoms with Crippen LogP contribution in [-0.4, -0.2) is 19.3 Å². The van der Waals surface area contributed by atoms with Crippen LogP contribution in [0.2, 0.25) is 10.0 Å². The van der Waals surface area contributed by atoms with Crippen molar-refractivity contribution in [3.63, 3.8) is 0 Å². The highest BCUT2D eigenvalue weighted by atomic mass is 35.5. The molecule has 0 atom stereocenters. The lowest BCUT2D eigenvalue weighted by molar-refractivity contribution is 0.102. The largest absolute Gasteiger partial charge is 0.320 e. The molecule has 0 unspecified atom stereocenters. The lowest BCUT2D eigenvalue weighted by atomic mass is 10.1. The fourth-order valence-corrected chi connectivity index (χ4v) is 4.61. The zero-order chi connectivity index (χ0) is 23.6. The summed E-state index contributed by atoms with van der Waals surface area (Å²) in [5.41, 5.74) is 5.17. The van der Waals surface area contributed by atoms with E-state index in [1.54, 1.807) is 54.6 Å². The Morgan fingerprint density at radius 3 is 2.24 bits per heavy atom. The zero-order valence-electron chi connectivity index (χ0n) is 17.3. The quantitative estimate of drug-likeness (QED) is 0.307. The number of hydrogen-bond donors (Lipinski definition) is 3. The summed E-state index contributed by atoms with van der Waals surface area (Å²) in [7, 11) is -3.80. The Bertz CT molecular complexity index is 1440. The SMILES string of the molecule is Cc1ccc(S(=O)(=O)NNc2ccnc3c(NC(=O)c4c(Cl)cccc4Cl)cccc23)cc1. The average Bonchev–Trinajstić information content (AvgIpc) is 2.78. The molecule has 4 aromatic rings. The summed E-state index contributed by atoms with van der Waals surface area (Å²) in [5, 5.41) is 3.81. The second kappa shape index (κ2) is 9.36. The Hall–Kier alpha value is -3.17. The average molecular weight is 501 g/mol. The fraction of sp³-hybridized carbons (Fsp3) is 0.0435. The number of nitrogens with zero attached hydrogens (tertiary/aromatic N) is 1. The standard InChI is InChI=1S/C23H18Cl2N4O3S/c1-14-8-10-15(11-9-14)33(31,32)29-28-19-12-13-26-22-16(19)4-2-7-20(22)27-23(30)21-17(24)5-3-6-18(21)25/h2-13,29H,1H3,(H,26,28)(H,27,30). The highest BCUT2D eigenvalue weighted by molar-refractivity contribution is 7.89. The molecule has 0 saturated carbocycles. The molecule has 1 aromatic heterocycles. The first-order chi connectivity index (χ1) is 15.8. The van der Waals surface area contributed by atoms with Crippen molar-refractivity contribution in [3.8, 4) is 0 Å². The van der Waals surface area contributed by atoms with E-state index in [4.69, 9.17) is 23.2 Å². The Morgan fingerprint density at radius 2 is 1.55 bits per heavy atom. The summed E-state index contributed by atoms with van der Waals surface area (Å²) >= 11 is 12.3. The van der Waals surface area contributed by atoms with Gasteiger partial charge in [0.1, 0.15) is 0 Å². The number of hydrogen-bond acceptors (Lipinski definition) is 5. The number of aryl methyl sites for hydroxylation is 1. The van der Waals surface area contributed by atoms with Crippen molar-refractivity contribution in [2.45, 2.75) is 11.8 Å². The van der Waals surface area contributed by atoms with E-state index in [1.165, 1.54) is 18.3 Å². The van der Waals surface area contributed by atoms with E-state index >= 15 is 0 Å². The van der Waals surface area contributed by atoms with Gasteiger partial charge in [0.2, 0.25) is 0 Å². The van der Waals surface area contributed by atoms with Crippen LogP contribution >= 0.6 is 23.2 Å². The van der Waals surface area contributed by atoms with Crippen LogP contribution in [0.15, 0.2) is 77.8 Å². The van der Waals surface area contributed by atoms with Gasteiger partial charge < -0.3 is 10.7 Å². The molecule has 0 radical (unpaired) electrons. The number of benzene rings is 3. The number of para-hydroxylation sites is 1. The number of amides is 1. The predicted molar refractivity (Wildman–Crippen MR) is 131 cm³/mol. The number of pyridine rings is 1. The Labute approximate surface area is 200 Å². The van der Waals surface area contributed by atoms with E-state index in [0.717, 1.165) is 5.56 Å². The van der Waals surface area contributed by atoms with Gasteiger partial charge in [0.25, 0.3) is 15.9 Å². The van der Waals surface area contributed by atoms with Crippen molar-refractivity contribution in [2.75, 3.05) is 10.7 Å². The number of hydrazine groups is 1. The minimum atomic E-state index is -3.80. The van der Waals surface area contributed by atoms with E-state index in [-0.39, 0.29) is 20.5 Å². The number of aromatic nitrogens is 1. The third-order valence-corrected chi connectivity index (χ3v) is 6.75. The van der Waals surface area contributed by atoms with Crippen LogP contribution in [-0.2, 0) is 10.0 Å². The van der Waals surface area contributed by atoms with Gasteiger partial charge >= 0.3 is 0 Å². The molecule has 0 fully saturated rings. The first-order valence-electron chi connectivity index (χ1n) is 9.74. The summed E-state index contributed by atoms with van der Waals surface area (Å²) in [6.07, 6.45) is 1.50. The summed E-state index contributed by atoms with van der Waals surface area (Å²) in [5.74, 6) is -0.488. The summed E-state index contributed by atoms with van der Waals surface area (Å²) < 4.78 is 25.2. The van der Waals surface area contributed by atoms with Crippen LogP contribution in [0.25, 0.3) is 10.9 Å². The maximum absolute atomic E-state index is 12.8. The van der Waals surface area contributed by atoms with Crippen molar-refractivity contribution >= 4 is 61.4 Å². The van der Waals surface area contributed by atoms with Gasteiger partial charge in [-0.25, -0.2) is 8.42 Å². The number of carbonyl (C=O) groups is 1. The number of anilines is 2. The molecule has 10 heteroatoms. The molecule has 0 bridgehead atoms. The number of halogens is 2. The van der Waals surface area contributed by atoms with Crippen LogP contribution in [0.1, 0.15) is 15.9 Å². The van der Waals surface area contributed by atoms with Crippen molar-refractivity contribution in [1.29, 1.82) is 0 Å². The first kappa shape index (κ1) is 23.0. The third-order valence-electron chi connectivity index (χ3n) is 4.86. The molecule has 33 heavy (non-hydrogen) atoms. The van der Waals surface area contributed by atoms with Crippen molar-refractivity contribution in [3.05, 3.63) is 94.1 Å². The van der Waals surface area contributed by atoms with E-state index in [2.05, 4.69) is 20.6 Å². The molecule has 7 nitrogen and oxygen atoms in total. The predicted octanol–water partition coefficient (Wildman–Crippen LogP) is 5.41. The molecule has 0 aliphatic carbocycles. The van der Waals surface area contributed by atoms with Crippen LogP contribution < -0.4 is 15.6 Å². The van der Waals surface area contributed by atoms with Crippen molar-refractivity contribution < 1.29 is 13.2 Å². The maximum Gasteiger partial charge on any atom is 0.258 e. The van der Waals surface area contributed by atoms with Gasteiger partial charge in [0.05, 0.1) is 37.4 Å².